The summed E-state index contributed by atoms with van der Waals surface area (Å²) in [4.78, 5) is 25.7. The zero-order chi connectivity index (χ0) is 18.5. The van der Waals surface area contributed by atoms with Crippen LogP contribution in [0.4, 0.5) is 5.95 Å². The van der Waals surface area contributed by atoms with Crippen molar-refractivity contribution in [1.29, 1.82) is 0 Å². The Hall–Kier alpha value is -3.00. The molecule has 1 aliphatic heterocycles. The number of aromatic nitrogens is 4. The molecule has 1 fully saturated rings. The highest BCUT2D eigenvalue weighted by Gasteiger charge is 2.18. The van der Waals surface area contributed by atoms with Crippen LogP contribution in [0, 0.1) is 0 Å². The molecule has 0 unspecified atom stereocenters. The largest absolute Gasteiger partial charge is 0.352 e. The van der Waals surface area contributed by atoms with Crippen LogP contribution in [0.15, 0.2) is 42.9 Å². The number of carbonyl (C=O) groups excluding carboxylic acids is 1. The molecule has 3 heterocycles. The number of carbonyl (C=O) groups is 1. The maximum absolute atomic E-state index is 12.4. The zero-order valence-electron chi connectivity index (χ0n) is 15.1. The van der Waals surface area contributed by atoms with Gasteiger partial charge in [0, 0.05) is 50.5 Å². The summed E-state index contributed by atoms with van der Waals surface area (Å²) in [5, 5.41) is 10.9. The molecule has 8 nitrogen and oxygen atoms in total. The van der Waals surface area contributed by atoms with Gasteiger partial charge in [0.05, 0.1) is 17.3 Å². The van der Waals surface area contributed by atoms with E-state index in [4.69, 9.17) is 0 Å². The van der Waals surface area contributed by atoms with Crippen LogP contribution in [0.5, 0.6) is 0 Å². The maximum atomic E-state index is 12.4. The Morgan fingerprint density at radius 2 is 1.93 bits per heavy atom. The number of piperazine rings is 1. The number of rotatable bonds is 6. The molecule has 1 aromatic carbocycles. The fourth-order valence-corrected chi connectivity index (χ4v) is 3.38. The van der Waals surface area contributed by atoms with Crippen molar-refractivity contribution in [2.45, 2.75) is 6.42 Å². The summed E-state index contributed by atoms with van der Waals surface area (Å²) in [5.41, 5.74) is 1.43. The first kappa shape index (κ1) is 17.4. The van der Waals surface area contributed by atoms with Crippen molar-refractivity contribution < 1.29 is 4.79 Å². The predicted molar refractivity (Wildman–Crippen MR) is 104 cm³/mol. The third-order valence-electron chi connectivity index (χ3n) is 4.87. The molecule has 8 heteroatoms. The molecule has 1 saturated heterocycles. The lowest BCUT2D eigenvalue weighted by Gasteiger charge is -2.34. The number of fused-ring (bicyclic) bond motifs is 1. The predicted octanol–water partition coefficient (Wildman–Crippen LogP) is 1.29. The van der Waals surface area contributed by atoms with E-state index in [0.29, 0.717) is 12.1 Å². The number of para-hydroxylation sites is 1. The van der Waals surface area contributed by atoms with E-state index in [1.165, 1.54) is 0 Å². The highest BCUT2D eigenvalue weighted by molar-refractivity contribution is 6.05. The van der Waals surface area contributed by atoms with E-state index in [9.17, 15) is 4.79 Å². The number of H-pyrrole nitrogens is 1. The van der Waals surface area contributed by atoms with Crippen molar-refractivity contribution in [2.75, 3.05) is 44.2 Å². The lowest BCUT2D eigenvalue weighted by atomic mass is 10.1. The molecule has 140 valence electrons. The van der Waals surface area contributed by atoms with Crippen LogP contribution >= 0.6 is 0 Å². The Labute approximate surface area is 157 Å². The van der Waals surface area contributed by atoms with E-state index < -0.39 is 0 Å². The Bertz CT molecular complexity index is 887. The number of nitrogens with zero attached hydrogens (tertiary/aromatic N) is 5. The Kier molecular flexibility index (Phi) is 5.24. The standard InChI is InChI=1S/C19H23N7O/c27-18(16-5-1-4-15-14-23-24-17(15)16)20-8-3-9-25-10-12-26(13-11-25)19-21-6-2-7-22-19/h1-2,4-7,14H,3,8-13H2,(H,20,27)(H,23,24). The lowest BCUT2D eigenvalue weighted by Crippen LogP contribution is -2.47. The topological polar surface area (TPSA) is 90.0 Å². The normalized spacial score (nSPS) is 15.2. The zero-order valence-corrected chi connectivity index (χ0v) is 15.1. The Morgan fingerprint density at radius 1 is 1.11 bits per heavy atom. The summed E-state index contributed by atoms with van der Waals surface area (Å²) < 4.78 is 0. The van der Waals surface area contributed by atoms with Crippen molar-refractivity contribution in [3.05, 3.63) is 48.4 Å². The van der Waals surface area contributed by atoms with Gasteiger partial charge in [-0.25, -0.2) is 9.97 Å². The molecule has 2 aromatic heterocycles. The summed E-state index contributed by atoms with van der Waals surface area (Å²) in [5.74, 6) is 0.744. The monoisotopic (exact) mass is 365 g/mol. The summed E-state index contributed by atoms with van der Waals surface area (Å²) in [7, 11) is 0. The van der Waals surface area contributed by atoms with Gasteiger partial charge in [-0.2, -0.15) is 5.10 Å². The number of aromatic amines is 1. The molecule has 0 spiro atoms. The van der Waals surface area contributed by atoms with Crippen LogP contribution in [0.2, 0.25) is 0 Å². The average Bonchev–Trinajstić information content (AvgIpc) is 3.21. The minimum atomic E-state index is -0.0594. The second kappa shape index (κ2) is 8.13. The number of hydrogen-bond acceptors (Lipinski definition) is 6. The van der Waals surface area contributed by atoms with Crippen molar-refractivity contribution in [2.24, 2.45) is 0 Å². The van der Waals surface area contributed by atoms with Crippen molar-refractivity contribution in [1.82, 2.24) is 30.4 Å². The summed E-state index contributed by atoms with van der Waals surface area (Å²) >= 11 is 0. The smallest absolute Gasteiger partial charge is 0.253 e. The van der Waals surface area contributed by atoms with Gasteiger partial charge >= 0.3 is 0 Å². The first-order chi connectivity index (χ1) is 13.3. The Morgan fingerprint density at radius 3 is 2.74 bits per heavy atom. The van der Waals surface area contributed by atoms with Gasteiger partial charge in [-0.1, -0.05) is 12.1 Å². The second-order valence-corrected chi connectivity index (χ2v) is 6.63. The van der Waals surface area contributed by atoms with E-state index in [-0.39, 0.29) is 5.91 Å². The van der Waals surface area contributed by atoms with E-state index in [2.05, 4.69) is 35.3 Å². The molecule has 0 bridgehead atoms. The first-order valence-corrected chi connectivity index (χ1v) is 9.26. The van der Waals surface area contributed by atoms with Crippen LogP contribution in [-0.2, 0) is 0 Å². The van der Waals surface area contributed by atoms with Crippen LogP contribution in [-0.4, -0.2) is 70.2 Å². The van der Waals surface area contributed by atoms with E-state index in [1.807, 2.05) is 24.3 Å². The third kappa shape index (κ3) is 4.06. The highest BCUT2D eigenvalue weighted by Crippen LogP contribution is 2.15. The maximum Gasteiger partial charge on any atom is 0.253 e. The number of amides is 1. The van der Waals surface area contributed by atoms with Crippen LogP contribution in [0.3, 0.4) is 0 Å². The molecule has 3 aromatic rings. The molecule has 0 radical (unpaired) electrons. The molecule has 0 aliphatic carbocycles. The van der Waals surface area contributed by atoms with E-state index in [1.54, 1.807) is 18.6 Å². The van der Waals surface area contributed by atoms with Gasteiger partial charge < -0.3 is 10.2 Å². The van der Waals surface area contributed by atoms with Gasteiger partial charge in [-0.15, -0.1) is 0 Å². The van der Waals surface area contributed by atoms with Crippen LogP contribution < -0.4 is 10.2 Å². The lowest BCUT2D eigenvalue weighted by molar-refractivity contribution is 0.0953. The first-order valence-electron chi connectivity index (χ1n) is 9.26. The Balaban J connectivity index is 1.20. The molecule has 1 amide bonds. The average molecular weight is 365 g/mol. The van der Waals surface area contributed by atoms with Crippen molar-refractivity contribution in [3.63, 3.8) is 0 Å². The van der Waals surface area contributed by atoms with Gasteiger partial charge in [-0.05, 0) is 25.1 Å². The van der Waals surface area contributed by atoms with Crippen molar-refractivity contribution >= 4 is 22.8 Å². The summed E-state index contributed by atoms with van der Waals surface area (Å²) in [6.45, 7) is 5.46. The molecule has 0 atom stereocenters. The van der Waals surface area contributed by atoms with E-state index >= 15 is 0 Å². The van der Waals surface area contributed by atoms with E-state index in [0.717, 1.165) is 56.0 Å². The molecule has 27 heavy (non-hydrogen) atoms. The van der Waals surface area contributed by atoms with Gasteiger partial charge in [0.2, 0.25) is 5.95 Å². The SMILES string of the molecule is O=C(NCCCN1CCN(c2ncccn2)CC1)c1cccc2cn[nH]c12. The summed E-state index contributed by atoms with van der Waals surface area (Å²) in [6.07, 6.45) is 6.21. The van der Waals surface area contributed by atoms with Gasteiger partial charge in [0.15, 0.2) is 0 Å². The third-order valence-corrected chi connectivity index (χ3v) is 4.87. The van der Waals surface area contributed by atoms with Gasteiger partial charge in [0.25, 0.3) is 5.91 Å². The molecule has 1 aliphatic rings. The molecular formula is C19H23N7O. The fraction of sp³-hybridized carbons (Fsp3) is 0.368. The number of benzene rings is 1. The number of nitrogens with one attached hydrogen (secondary N) is 2. The molecule has 2 N–H and O–H groups in total. The van der Waals surface area contributed by atoms with Crippen molar-refractivity contribution in [3.8, 4) is 0 Å². The molecule has 4 rings (SSSR count). The molecule has 0 saturated carbocycles. The summed E-state index contributed by atoms with van der Waals surface area (Å²) in [6, 6.07) is 7.47. The highest BCUT2D eigenvalue weighted by atomic mass is 16.1. The fourth-order valence-electron chi connectivity index (χ4n) is 3.38. The number of anilines is 1. The van der Waals surface area contributed by atoms with Crippen LogP contribution in [0.1, 0.15) is 16.8 Å². The minimum absolute atomic E-state index is 0.0594. The quantitative estimate of drug-likeness (QED) is 0.640. The van der Waals surface area contributed by atoms with Crippen LogP contribution in [0.25, 0.3) is 10.9 Å². The second-order valence-electron chi connectivity index (χ2n) is 6.63. The van der Waals surface area contributed by atoms with Gasteiger partial charge in [0.1, 0.15) is 0 Å². The molecular weight excluding hydrogens is 342 g/mol. The number of hydrogen-bond donors (Lipinski definition) is 2. The minimum Gasteiger partial charge on any atom is -0.352 e. The van der Waals surface area contributed by atoms with Gasteiger partial charge in [-0.3, -0.25) is 14.8 Å².